The molecule has 9 heteroatoms. The highest BCUT2D eigenvalue weighted by molar-refractivity contribution is 5.96. The molecule has 0 atom stereocenters. The summed E-state index contributed by atoms with van der Waals surface area (Å²) in [6.07, 6.45) is 4.31. The number of Topliss-reactive ketones (excluding diaryl/α,β-unsaturated/α-hetero) is 1. The van der Waals surface area contributed by atoms with Gasteiger partial charge in [0, 0.05) is 30.6 Å². The summed E-state index contributed by atoms with van der Waals surface area (Å²) >= 11 is 0. The van der Waals surface area contributed by atoms with Gasteiger partial charge in [-0.3, -0.25) is 19.4 Å². The molecule has 0 radical (unpaired) electrons. The number of carboxylic acid groups (broad SMARTS) is 1. The average Bonchev–Trinajstić information content (AvgIpc) is 2.98. The average molecular weight is 319 g/mol. The van der Waals surface area contributed by atoms with Crippen LogP contribution in [0.25, 0.3) is 5.95 Å². The molecule has 9 nitrogen and oxygen atoms in total. The fraction of sp³-hybridized carbons (Fsp3) is 0.357. The van der Waals surface area contributed by atoms with Crippen molar-refractivity contribution >= 4 is 11.8 Å². The number of hydrogen-bond acceptors (Lipinski definition) is 6. The van der Waals surface area contributed by atoms with Gasteiger partial charge in [-0.2, -0.15) is 5.10 Å². The highest BCUT2D eigenvalue weighted by Gasteiger charge is 2.24. The van der Waals surface area contributed by atoms with E-state index in [9.17, 15) is 14.4 Å². The van der Waals surface area contributed by atoms with Crippen molar-refractivity contribution in [3.8, 4) is 5.95 Å². The van der Waals surface area contributed by atoms with E-state index in [0.717, 1.165) is 0 Å². The second kappa shape index (κ2) is 6.53. The Hall–Kier alpha value is -2.81. The van der Waals surface area contributed by atoms with Crippen LogP contribution in [0.2, 0.25) is 0 Å². The molecule has 0 amide bonds. The summed E-state index contributed by atoms with van der Waals surface area (Å²) in [5.74, 6) is -1.23. The van der Waals surface area contributed by atoms with Crippen LogP contribution in [0.15, 0.2) is 29.5 Å². The van der Waals surface area contributed by atoms with Crippen molar-refractivity contribution in [3.63, 3.8) is 0 Å². The van der Waals surface area contributed by atoms with Crippen LogP contribution in [0.1, 0.15) is 30.6 Å². The largest absolute Gasteiger partial charge is 0.480 e. The van der Waals surface area contributed by atoms with Crippen molar-refractivity contribution in [2.24, 2.45) is 0 Å². The predicted molar refractivity (Wildman–Crippen MR) is 80.6 cm³/mol. The summed E-state index contributed by atoms with van der Waals surface area (Å²) in [7, 11) is 0. The molecular formula is C14H17N5O4. The number of H-pyrrole nitrogens is 1. The normalized spacial score (nSPS) is 11.4. The summed E-state index contributed by atoms with van der Waals surface area (Å²) in [6.45, 7) is 3.11. The van der Waals surface area contributed by atoms with E-state index >= 15 is 0 Å². The molecule has 0 saturated heterocycles. The summed E-state index contributed by atoms with van der Waals surface area (Å²) in [5.41, 5.74) is -1.40. The van der Waals surface area contributed by atoms with Gasteiger partial charge in [-0.15, -0.1) is 0 Å². The van der Waals surface area contributed by atoms with E-state index in [-0.39, 0.29) is 24.5 Å². The fourth-order valence-electron chi connectivity index (χ4n) is 1.97. The summed E-state index contributed by atoms with van der Waals surface area (Å²) in [6, 6.07) is 1.68. The molecule has 23 heavy (non-hydrogen) atoms. The topological polar surface area (TPSA) is 130 Å². The molecule has 0 bridgehead atoms. The number of carbonyl (C=O) groups is 2. The summed E-state index contributed by atoms with van der Waals surface area (Å²) < 4.78 is 1.37. The zero-order valence-corrected chi connectivity index (χ0v) is 12.7. The first-order chi connectivity index (χ1) is 10.8. The van der Waals surface area contributed by atoms with Crippen LogP contribution in [-0.2, 0) is 4.79 Å². The number of ketones is 1. The van der Waals surface area contributed by atoms with Gasteiger partial charge in [-0.05, 0) is 19.9 Å². The zero-order valence-electron chi connectivity index (χ0n) is 12.7. The van der Waals surface area contributed by atoms with Gasteiger partial charge in [0.2, 0.25) is 5.95 Å². The highest BCUT2D eigenvalue weighted by atomic mass is 16.4. The Morgan fingerprint density at radius 3 is 2.74 bits per heavy atom. The van der Waals surface area contributed by atoms with Gasteiger partial charge in [0.15, 0.2) is 5.78 Å². The Labute approximate surface area is 131 Å². The Morgan fingerprint density at radius 2 is 2.17 bits per heavy atom. The first-order valence-corrected chi connectivity index (χ1v) is 6.88. The maximum absolute atomic E-state index is 12.3. The Bertz CT molecular complexity index is 764. The minimum atomic E-state index is -1.02. The number of hydrogen-bond donors (Lipinski definition) is 3. The van der Waals surface area contributed by atoms with Crippen LogP contribution in [0, 0.1) is 0 Å². The lowest BCUT2D eigenvalue weighted by molar-refractivity contribution is -0.136. The lowest BCUT2D eigenvalue weighted by Gasteiger charge is -2.24. The Morgan fingerprint density at radius 1 is 1.43 bits per heavy atom. The number of nitrogens with zero attached hydrogens (tertiary/aromatic N) is 3. The van der Waals surface area contributed by atoms with Crippen molar-refractivity contribution in [2.45, 2.75) is 25.8 Å². The molecule has 3 N–H and O–H groups in total. The molecule has 2 heterocycles. The number of aromatic nitrogens is 4. The van der Waals surface area contributed by atoms with Gasteiger partial charge in [-0.25, -0.2) is 9.67 Å². The van der Waals surface area contributed by atoms with Crippen LogP contribution >= 0.6 is 0 Å². The molecule has 0 fully saturated rings. The maximum Gasteiger partial charge on any atom is 0.317 e. The Balaban J connectivity index is 2.14. The SMILES string of the molecule is CC(C)(CC(=O)c1cnc(-n2cccn2)[nH]c1=O)NCC(=O)O. The third kappa shape index (κ3) is 4.33. The smallest absolute Gasteiger partial charge is 0.317 e. The first kappa shape index (κ1) is 16.6. The lowest BCUT2D eigenvalue weighted by atomic mass is 9.95. The van der Waals surface area contributed by atoms with Gasteiger partial charge in [0.1, 0.15) is 5.56 Å². The number of carbonyl (C=O) groups excluding carboxylic acids is 1. The van der Waals surface area contributed by atoms with Gasteiger partial charge in [0.25, 0.3) is 5.56 Å². The second-order valence-corrected chi connectivity index (χ2v) is 5.63. The van der Waals surface area contributed by atoms with Crippen molar-refractivity contribution in [1.82, 2.24) is 25.1 Å². The monoisotopic (exact) mass is 319 g/mol. The van der Waals surface area contributed by atoms with E-state index in [4.69, 9.17) is 5.11 Å². The van der Waals surface area contributed by atoms with Crippen LogP contribution < -0.4 is 10.9 Å². The Kier molecular flexibility index (Phi) is 4.70. The standard InChI is InChI=1S/C14H17N5O4/c1-14(2,16-8-11(21)22)6-10(20)9-7-15-13(18-12(9)23)19-5-3-4-17-19/h3-5,7,16H,6,8H2,1-2H3,(H,21,22)(H,15,18,23). The maximum atomic E-state index is 12.3. The fourth-order valence-corrected chi connectivity index (χ4v) is 1.97. The molecule has 0 aliphatic rings. The van der Waals surface area contributed by atoms with Crippen molar-refractivity contribution in [2.75, 3.05) is 6.54 Å². The minimum absolute atomic E-state index is 0.0356. The van der Waals surface area contributed by atoms with Gasteiger partial charge >= 0.3 is 5.97 Å². The van der Waals surface area contributed by atoms with Crippen LogP contribution in [0.4, 0.5) is 0 Å². The van der Waals surface area contributed by atoms with Crippen molar-refractivity contribution in [1.29, 1.82) is 0 Å². The van der Waals surface area contributed by atoms with Crippen molar-refractivity contribution < 1.29 is 14.7 Å². The number of nitrogens with one attached hydrogen (secondary N) is 2. The van der Waals surface area contributed by atoms with Crippen LogP contribution in [0.3, 0.4) is 0 Å². The third-order valence-corrected chi connectivity index (χ3v) is 3.13. The quantitative estimate of drug-likeness (QED) is 0.611. The molecular weight excluding hydrogens is 302 g/mol. The molecule has 0 aromatic carbocycles. The number of aliphatic carboxylic acids is 1. The molecule has 0 aliphatic heterocycles. The van der Waals surface area contributed by atoms with Gasteiger partial charge in [0.05, 0.1) is 6.54 Å². The first-order valence-electron chi connectivity index (χ1n) is 6.88. The summed E-state index contributed by atoms with van der Waals surface area (Å²) in [5, 5.41) is 15.4. The van der Waals surface area contributed by atoms with Crippen LogP contribution in [-0.4, -0.2) is 48.7 Å². The minimum Gasteiger partial charge on any atom is -0.480 e. The molecule has 2 aromatic heterocycles. The van der Waals surface area contributed by atoms with E-state index in [0.29, 0.717) is 0 Å². The van der Waals surface area contributed by atoms with Gasteiger partial charge < -0.3 is 10.4 Å². The van der Waals surface area contributed by atoms with E-state index < -0.39 is 22.9 Å². The molecule has 2 rings (SSSR count). The van der Waals surface area contributed by atoms with Crippen molar-refractivity contribution in [3.05, 3.63) is 40.6 Å². The number of aromatic amines is 1. The number of carboxylic acids is 1. The molecule has 2 aromatic rings. The predicted octanol–water partition coefficient (Wildman–Crippen LogP) is -0.0188. The van der Waals surface area contributed by atoms with E-state index in [2.05, 4.69) is 20.4 Å². The molecule has 0 aliphatic carbocycles. The summed E-state index contributed by atoms with van der Waals surface area (Å²) in [4.78, 5) is 41.4. The van der Waals surface area contributed by atoms with Crippen LogP contribution in [0.5, 0.6) is 0 Å². The molecule has 122 valence electrons. The molecule has 0 unspecified atom stereocenters. The van der Waals surface area contributed by atoms with E-state index in [1.807, 2.05) is 0 Å². The lowest BCUT2D eigenvalue weighted by Crippen LogP contribution is -2.44. The molecule has 0 saturated carbocycles. The molecule has 0 spiro atoms. The zero-order chi connectivity index (χ0) is 17.0. The second-order valence-electron chi connectivity index (χ2n) is 5.63. The number of rotatable bonds is 7. The van der Waals surface area contributed by atoms with E-state index in [1.165, 1.54) is 17.1 Å². The highest BCUT2D eigenvalue weighted by Crippen LogP contribution is 2.11. The third-order valence-electron chi connectivity index (χ3n) is 3.13. The van der Waals surface area contributed by atoms with Gasteiger partial charge in [-0.1, -0.05) is 0 Å². The van der Waals surface area contributed by atoms with E-state index in [1.54, 1.807) is 26.1 Å².